The van der Waals surface area contributed by atoms with E-state index in [1.54, 1.807) is 0 Å². The molecule has 3 atom stereocenters. The van der Waals surface area contributed by atoms with Crippen molar-refractivity contribution in [3.05, 3.63) is 0 Å². The third kappa shape index (κ3) is 2.69. The molecule has 1 saturated carbocycles. The fraction of sp³-hybridized carbons (Fsp3) is 1.00. The average Bonchev–Trinajstić information content (AvgIpc) is 2.78. The smallest absolute Gasteiger partial charge is 0.0725 e. The Morgan fingerprint density at radius 3 is 2.79 bits per heavy atom. The van der Waals surface area contributed by atoms with Gasteiger partial charge < -0.3 is 15.2 Å². The van der Waals surface area contributed by atoms with Crippen LogP contribution in [-0.4, -0.2) is 31.5 Å². The zero-order valence-corrected chi connectivity index (χ0v) is 8.78. The van der Waals surface area contributed by atoms with Gasteiger partial charge in [-0.25, -0.2) is 0 Å². The molecule has 1 aliphatic heterocycles. The van der Waals surface area contributed by atoms with E-state index in [4.69, 9.17) is 15.2 Å². The van der Waals surface area contributed by atoms with Gasteiger partial charge in [0.15, 0.2) is 0 Å². The third-order valence-corrected chi connectivity index (χ3v) is 3.30. The van der Waals surface area contributed by atoms with Crippen LogP contribution in [0, 0.1) is 0 Å². The van der Waals surface area contributed by atoms with Crippen molar-refractivity contribution < 1.29 is 9.47 Å². The van der Waals surface area contributed by atoms with Gasteiger partial charge in [0.1, 0.15) is 0 Å². The fourth-order valence-corrected chi connectivity index (χ4v) is 2.38. The highest BCUT2D eigenvalue weighted by molar-refractivity contribution is 4.81. The predicted molar refractivity (Wildman–Crippen MR) is 55.2 cm³/mol. The van der Waals surface area contributed by atoms with Crippen LogP contribution in [0.1, 0.15) is 38.5 Å². The van der Waals surface area contributed by atoms with E-state index in [0.29, 0.717) is 12.2 Å². The van der Waals surface area contributed by atoms with Crippen molar-refractivity contribution >= 4 is 0 Å². The second-order valence-electron chi connectivity index (χ2n) is 4.43. The number of hydrogen-bond acceptors (Lipinski definition) is 3. The quantitative estimate of drug-likeness (QED) is 0.745. The molecular weight excluding hydrogens is 178 g/mol. The van der Waals surface area contributed by atoms with E-state index >= 15 is 0 Å². The van der Waals surface area contributed by atoms with E-state index in [1.807, 2.05) is 0 Å². The summed E-state index contributed by atoms with van der Waals surface area (Å²) in [6.45, 7) is 1.76. The molecule has 2 N–H and O–H groups in total. The Morgan fingerprint density at radius 2 is 2.14 bits per heavy atom. The largest absolute Gasteiger partial charge is 0.378 e. The lowest BCUT2D eigenvalue weighted by molar-refractivity contribution is 0.0166. The Bertz CT molecular complexity index is 169. The Labute approximate surface area is 85.9 Å². The molecule has 2 aliphatic rings. The molecule has 1 saturated heterocycles. The lowest BCUT2D eigenvalue weighted by Crippen LogP contribution is -2.32. The number of hydrogen-bond donors (Lipinski definition) is 1. The monoisotopic (exact) mass is 199 g/mol. The van der Waals surface area contributed by atoms with Crippen LogP contribution < -0.4 is 5.73 Å². The van der Waals surface area contributed by atoms with Crippen molar-refractivity contribution in [1.82, 2.24) is 0 Å². The SMILES string of the molecule is NC1CCCC1OCCC1CCCO1. The van der Waals surface area contributed by atoms with E-state index in [2.05, 4.69) is 0 Å². The summed E-state index contributed by atoms with van der Waals surface area (Å²) in [5, 5.41) is 0. The summed E-state index contributed by atoms with van der Waals surface area (Å²) in [4.78, 5) is 0. The molecule has 3 unspecified atom stereocenters. The molecule has 0 aromatic rings. The summed E-state index contributed by atoms with van der Waals surface area (Å²) in [5.41, 5.74) is 5.92. The first-order chi connectivity index (χ1) is 6.86. The summed E-state index contributed by atoms with van der Waals surface area (Å²) in [7, 11) is 0. The molecule has 3 nitrogen and oxygen atoms in total. The number of rotatable bonds is 4. The lowest BCUT2D eigenvalue weighted by atomic mass is 10.2. The standard InChI is InChI=1S/C11H21NO2/c12-10-4-1-5-11(10)14-8-6-9-3-2-7-13-9/h9-11H,1-8,12H2. The maximum absolute atomic E-state index is 5.92. The van der Waals surface area contributed by atoms with Crippen molar-refractivity contribution in [3.8, 4) is 0 Å². The average molecular weight is 199 g/mol. The van der Waals surface area contributed by atoms with Gasteiger partial charge in [-0.2, -0.15) is 0 Å². The topological polar surface area (TPSA) is 44.5 Å². The van der Waals surface area contributed by atoms with Crippen molar-refractivity contribution in [2.45, 2.75) is 56.8 Å². The highest BCUT2D eigenvalue weighted by Gasteiger charge is 2.24. The molecule has 0 bridgehead atoms. The molecule has 82 valence electrons. The second-order valence-corrected chi connectivity index (χ2v) is 4.43. The molecule has 0 amide bonds. The Morgan fingerprint density at radius 1 is 1.21 bits per heavy atom. The van der Waals surface area contributed by atoms with Crippen molar-refractivity contribution in [3.63, 3.8) is 0 Å². The van der Waals surface area contributed by atoms with Gasteiger partial charge >= 0.3 is 0 Å². The highest BCUT2D eigenvalue weighted by atomic mass is 16.5. The maximum Gasteiger partial charge on any atom is 0.0725 e. The Kier molecular flexibility index (Phi) is 3.79. The minimum atomic E-state index is 0.277. The molecular formula is C11H21NO2. The molecule has 1 aliphatic carbocycles. The van der Waals surface area contributed by atoms with Crippen molar-refractivity contribution in [1.29, 1.82) is 0 Å². The predicted octanol–water partition coefficient (Wildman–Crippen LogP) is 1.45. The summed E-state index contributed by atoms with van der Waals surface area (Å²) in [5.74, 6) is 0. The van der Waals surface area contributed by atoms with Gasteiger partial charge in [0.05, 0.1) is 12.2 Å². The van der Waals surface area contributed by atoms with Gasteiger partial charge in [0.25, 0.3) is 0 Å². The van der Waals surface area contributed by atoms with Crippen LogP contribution in [0.2, 0.25) is 0 Å². The molecule has 0 radical (unpaired) electrons. The first-order valence-electron chi connectivity index (χ1n) is 5.85. The minimum Gasteiger partial charge on any atom is -0.378 e. The van der Waals surface area contributed by atoms with E-state index in [1.165, 1.54) is 19.3 Å². The first kappa shape index (κ1) is 10.4. The normalized spacial score (nSPS) is 37.9. The Hall–Kier alpha value is -0.120. The van der Waals surface area contributed by atoms with Gasteiger partial charge in [-0.1, -0.05) is 0 Å². The highest BCUT2D eigenvalue weighted by Crippen LogP contribution is 2.21. The summed E-state index contributed by atoms with van der Waals surface area (Å²) >= 11 is 0. The molecule has 0 aromatic carbocycles. The zero-order valence-electron chi connectivity index (χ0n) is 8.78. The zero-order chi connectivity index (χ0) is 9.80. The molecule has 1 heterocycles. The summed E-state index contributed by atoms with van der Waals surface area (Å²) in [6.07, 6.45) is 7.74. The number of ether oxygens (including phenoxy) is 2. The Balaban J connectivity index is 1.57. The van der Waals surface area contributed by atoms with Crippen molar-refractivity contribution in [2.24, 2.45) is 5.73 Å². The summed E-state index contributed by atoms with van der Waals surface area (Å²) in [6, 6.07) is 0.277. The third-order valence-electron chi connectivity index (χ3n) is 3.30. The van der Waals surface area contributed by atoms with Gasteiger partial charge in [-0.15, -0.1) is 0 Å². The van der Waals surface area contributed by atoms with E-state index in [0.717, 1.165) is 32.5 Å². The molecule has 0 spiro atoms. The van der Waals surface area contributed by atoms with Crippen LogP contribution in [0.25, 0.3) is 0 Å². The van der Waals surface area contributed by atoms with Crippen LogP contribution in [0.4, 0.5) is 0 Å². The van der Waals surface area contributed by atoms with E-state index < -0.39 is 0 Å². The van der Waals surface area contributed by atoms with Gasteiger partial charge in [0, 0.05) is 19.3 Å². The van der Waals surface area contributed by atoms with Gasteiger partial charge in [0.2, 0.25) is 0 Å². The van der Waals surface area contributed by atoms with Crippen LogP contribution in [0.3, 0.4) is 0 Å². The van der Waals surface area contributed by atoms with E-state index in [-0.39, 0.29) is 6.04 Å². The molecule has 2 rings (SSSR count). The first-order valence-corrected chi connectivity index (χ1v) is 5.85. The molecule has 0 aromatic heterocycles. The lowest BCUT2D eigenvalue weighted by Gasteiger charge is -2.17. The van der Waals surface area contributed by atoms with Crippen LogP contribution in [0.15, 0.2) is 0 Å². The van der Waals surface area contributed by atoms with Crippen LogP contribution in [-0.2, 0) is 9.47 Å². The molecule has 2 fully saturated rings. The van der Waals surface area contributed by atoms with Gasteiger partial charge in [-0.3, -0.25) is 0 Å². The van der Waals surface area contributed by atoms with Crippen LogP contribution in [0.5, 0.6) is 0 Å². The second kappa shape index (κ2) is 5.10. The molecule has 3 heteroatoms. The fourth-order valence-electron chi connectivity index (χ4n) is 2.38. The van der Waals surface area contributed by atoms with E-state index in [9.17, 15) is 0 Å². The van der Waals surface area contributed by atoms with Crippen LogP contribution >= 0.6 is 0 Å². The van der Waals surface area contributed by atoms with Crippen molar-refractivity contribution in [2.75, 3.05) is 13.2 Å². The minimum absolute atomic E-state index is 0.277. The number of nitrogens with two attached hydrogens (primary N) is 1. The summed E-state index contributed by atoms with van der Waals surface area (Å²) < 4.78 is 11.3. The maximum atomic E-state index is 5.92. The van der Waals surface area contributed by atoms with Gasteiger partial charge in [-0.05, 0) is 38.5 Å². The molecule has 14 heavy (non-hydrogen) atoms.